The Bertz CT molecular complexity index is 360. The topological polar surface area (TPSA) is 9.23 Å². The highest BCUT2D eigenvalue weighted by Gasteiger charge is 2.26. The second kappa shape index (κ2) is 3.35. The van der Waals surface area contributed by atoms with E-state index in [0.717, 1.165) is 16.7 Å². The predicted molar refractivity (Wildman–Crippen MR) is 53.8 cm³/mol. The van der Waals surface area contributed by atoms with Gasteiger partial charge in [0.1, 0.15) is 5.82 Å². The molecule has 0 amide bonds. The van der Waals surface area contributed by atoms with Gasteiger partial charge < -0.3 is 4.74 Å². The molecule has 1 aromatic rings. The molecule has 14 heavy (non-hydrogen) atoms. The third-order valence-electron chi connectivity index (χ3n) is 3.02. The van der Waals surface area contributed by atoms with Gasteiger partial charge in [-0.05, 0) is 36.6 Å². The van der Waals surface area contributed by atoms with Crippen molar-refractivity contribution in [1.82, 2.24) is 0 Å². The number of rotatable bonds is 0. The fourth-order valence-corrected chi connectivity index (χ4v) is 2.05. The molecular weight excluding hydrogens is 179 g/mol. The first-order chi connectivity index (χ1) is 6.59. The Morgan fingerprint density at radius 3 is 2.79 bits per heavy atom. The van der Waals surface area contributed by atoms with E-state index < -0.39 is 0 Å². The maximum absolute atomic E-state index is 13.7. The van der Waals surface area contributed by atoms with Crippen LogP contribution in [0.5, 0.6) is 0 Å². The molecule has 0 fully saturated rings. The van der Waals surface area contributed by atoms with Crippen molar-refractivity contribution in [1.29, 1.82) is 0 Å². The molecule has 1 aliphatic rings. The predicted octanol–water partition coefficient (Wildman–Crippen LogP) is 3.16. The van der Waals surface area contributed by atoms with E-state index in [-0.39, 0.29) is 17.8 Å². The van der Waals surface area contributed by atoms with Crippen LogP contribution in [0.2, 0.25) is 0 Å². The van der Waals surface area contributed by atoms with Gasteiger partial charge in [0, 0.05) is 5.92 Å². The first-order valence-electron chi connectivity index (χ1n) is 5.00. The van der Waals surface area contributed by atoms with Crippen molar-refractivity contribution in [3.63, 3.8) is 0 Å². The van der Waals surface area contributed by atoms with Gasteiger partial charge in [-0.3, -0.25) is 0 Å². The van der Waals surface area contributed by atoms with Crippen LogP contribution in [0.25, 0.3) is 0 Å². The quantitative estimate of drug-likeness (QED) is 0.616. The van der Waals surface area contributed by atoms with Gasteiger partial charge in [-0.2, -0.15) is 0 Å². The van der Waals surface area contributed by atoms with Crippen molar-refractivity contribution in [2.24, 2.45) is 0 Å². The lowest BCUT2D eigenvalue weighted by atomic mass is 9.88. The normalized spacial score (nSPS) is 26.0. The van der Waals surface area contributed by atoms with E-state index in [9.17, 15) is 4.39 Å². The Labute approximate surface area is 83.9 Å². The molecule has 0 bridgehead atoms. The summed E-state index contributed by atoms with van der Waals surface area (Å²) in [4.78, 5) is 0. The number of hydrogen-bond acceptors (Lipinski definition) is 1. The second-order valence-corrected chi connectivity index (χ2v) is 4.12. The average Bonchev–Trinajstić information content (AvgIpc) is 2.10. The van der Waals surface area contributed by atoms with Crippen LogP contribution in [-0.2, 0) is 11.3 Å². The Kier molecular flexibility index (Phi) is 2.31. The summed E-state index contributed by atoms with van der Waals surface area (Å²) >= 11 is 0. The SMILES string of the molecule is Cc1cc(F)c2c(c1)COC(C)C2C. The van der Waals surface area contributed by atoms with Gasteiger partial charge in [0.25, 0.3) is 0 Å². The first kappa shape index (κ1) is 9.66. The van der Waals surface area contributed by atoms with Crippen molar-refractivity contribution in [2.45, 2.75) is 39.4 Å². The summed E-state index contributed by atoms with van der Waals surface area (Å²) in [6.45, 7) is 6.46. The van der Waals surface area contributed by atoms with Gasteiger partial charge in [-0.15, -0.1) is 0 Å². The molecule has 2 heteroatoms. The maximum atomic E-state index is 13.7. The van der Waals surface area contributed by atoms with Crippen LogP contribution in [0.4, 0.5) is 4.39 Å². The minimum atomic E-state index is -0.0809. The van der Waals surface area contributed by atoms with E-state index in [1.807, 2.05) is 26.8 Å². The highest BCUT2D eigenvalue weighted by atomic mass is 19.1. The number of ether oxygens (including phenoxy) is 1. The lowest BCUT2D eigenvalue weighted by Gasteiger charge is -2.29. The fraction of sp³-hybridized carbons (Fsp3) is 0.500. The summed E-state index contributed by atoms with van der Waals surface area (Å²) in [6, 6.07) is 3.62. The summed E-state index contributed by atoms with van der Waals surface area (Å²) in [5, 5.41) is 0. The molecule has 0 aromatic heterocycles. The van der Waals surface area contributed by atoms with Crippen LogP contribution < -0.4 is 0 Å². The van der Waals surface area contributed by atoms with Crippen LogP contribution in [0.3, 0.4) is 0 Å². The van der Waals surface area contributed by atoms with Gasteiger partial charge >= 0.3 is 0 Å². The third-order valence-corrected chi connectivity index (χ3v) is 3.02. The Morgan fingerprint density at radius 1 is 1.36 bits per heavy atom. The molecule has 0 spiro atoms. The summed E-state index contributed by atoms with van der Waals surface area (Å²) < 4.78 is 19.3. The maximum Gasteiger partial charge on any atom is 0.127 e. The third kappa shape index (κ3) is 1.44. The molecular formula is C12H15FO. The lowest BCUT2D eigenvalue weighted by Crippen LogP contribution is -2.24. The molecule has 76 valence electrons. The number of aryl methyl sites for hydroxylation is 1. The second-order valence-electron chi connectivity index (χ2n) is 4.12. The largest absolute Gasteiger partial charge is 0.373 e. The molecule has 2 unspecified atom stereocenters. The molecule has 0 saturated carbocycles. The van der Waals surface area contributed by atoms with Gasteiger partial charge in [0.05, 0.1) is 12.7 Å². The summed E-state index contributed by atoms with van der Waals surface area (Å²) in [5.41, 5.74) is 2.81. The minimum Gasteiger partial charge on any atom is -0.373 e. The molecule has 0 saturated heterocycles. The van der Waals surface area contributed by atoms with Crippen LogP contribution in [0.15, 0.2) is 12.1 Å². The van der Waals surface area contributed by atoms with Crippen LogP contribution in [0, 0.1) is 12.7 Å². The van der Waals surface area contributed by atoms with Gasteiger partial charge in [0.15, 0.2) is 0 Å². The monoisotopic (exact) mass is 194 g/mol. The van der Waals surface area contributed by atoms with Crippen molar-refractivity contribution in [2.75, 3.05) is 0 Å². The molecule has 1 nitrogen and oxygen atoms in total. The molecule has 1 aliphatic heterocycles. The Morgan fingerprint density at radius 2 is 2.07 bits per heavy atom. The van der Waals surface area contributed by atoms with Crippen molar-refractivity contribution >= 4 is 0 Å². The van der Waals surface area contributed by atoms with Gasteiger partial charge in [0.2, 0.25) is 0 Å². The first-order valence-corrected chi connectivity index (χ1v) is 5.00. The van der Waals surface area contributed by atoms with E-state index >= 15 is 0 Å². The lowest BCUT2D eigenvalue weighted by molar-refractivity contribution is 0.0227. The number of benzene rings is 1. The summed E-state index contributed by atoms with van der Waals surface area (Å²) in [7, 11) is 0. The van der Waals surface area contributed by atoms with Crippen LogP contribution >= 0.6 is 0 Å². The Hall–Kier alpha value is -0.890. The van der Waals surface area contributed by atoms with Crippen LogP contribution in [0.1, 0.15) is 36.5 Å². The minimum absolute atomic E-state index is 0.0809. The standard InChI is InChI=1S/C12H15FO/c1-7-4-10-6-14-9(3)8(2)12(10)11(13)5-7/h4-5,8-9H,6H2,1-3H3. The number of halogens is 1. The zero-order valence-corrected chi connectivity index (χ0v) is 8.80. The fourth-order valence-electron chi connectivity index (χ4n) is 2.05. The molecule has 2 rings (SSSR count). The van der Waals surface area contributed by atoms with Crippen LogP contribution in [-0.4, -0.2) is 6.10 Å². The van der Waals surface area contributed by atoms with E-state index in [0.29, 0.717) is 6.61 Å². The highest BCUT2D eigenvalue weighted by molar-refractivity contribution is 5.36. The van der Waals surface area contributed by atoms with E-state index in [2.05, 4.69) is 0 Å². The Balaban J connectivity index is 2.54. The average molecular weight is 194 g/mol. The van der Waals surface area contributed by atoms with E-state index in [1.165, 1.54) is 0 Å². The zero-order valence-electron chi connectivity index (χ0n) is 8.80. The molecule has 2 atom stereocenters. The van der Waals surface area contributed by atoms with Crippen molar-refractivity contribution in [3.8, 4) is 0 Å². The molecule has 0 N–H and O–H groups in total. The zero-order chi connectivity index (χ0) is 10.3. The smallest absolute Gasteiger partial charge is 0.127 e. The van der Waals surface area contributed by atoms with Gasteiger partial charge in [-0.25, -0.2) is 4.39 Å². The summed E-state index contributed by atoms with van der Waals surface area (Å²) in [6.07, 6.45) is 0.111. The molecule has 0 aliphatic carbocycles. The van der Waals surface area contributed by atoms with E-state index in [1.54, 1.807) is 6.07 Å². The van der Waals surface area contributed by atoms with Crippen molar-refractivity contribution < 1.29 is 9.13 Å². The summed E-state index contributed by atoms with van der Waals surface area (Å²) in [5.74, 6) is 0.0713. The molecule has 1 aromatic carbocycles. The van der Waals surface area contributed by atoms with Crippen molar-refractivity contribution in [3.05, 3.63) is 34.6 Å². The highest BCUT2D eigenvalue weighted by Crippen LogP contribution is 2.33. The van der Waals surface area contributed by atoms with E-state index in [4.69, 9.17) is 4.74 Å². The molecule has 1 heterocycles. The number of fused-ring (bicyclic) bond motifs is 1. The van der Waals surface area contributed by atoms with Gasteiger partial charge in [-0.1, -0.05) is 13.0 Å². The number of hydrogen-bond donors (Lipinski definition) is 0. The molecule has 0 radical (unpaired) electrons.